The molecular formula is C30H26FIN6O. The second-order valence-corrected chi connectivity index (χ2v) is 11.0. The highest BCUT2D eigenvalue weighted by Gasteiger charge is 2.23. The maximum Gasteiger partial charge on any atom is 0.253 e. The summed E-state index contributed by atoms with van der Waals surface area (Å²) in [5.74, 6) is 0.202. The Bertz CT molecular complexity index is 1580. The van der Waals surface area contributed by atoms with E-state index in [1.807, 2.05) is 47.4 Å². The quantitative estimate of drug-likeness (QED) is 0.307. The van der Waals surface area contributed by atoms with Gasteiger partial charge in [0.25, 0.3) is 5.91 Å². The highest BCUT2D eigenvalue weighted by molar-refractivity contribution is 14.1. The van der Waals surface area contributed by atoms with Crippen LogP contribution in [0.15, 0.2) is 77.9 Å². The lowest BCUT2D eigenvalue weighted by atomic mass is 9.95. The van der Waals surface area contributed by atoms with E-state index in [1.54, 1.807) is 12.3 Å². The smallest absolute Gasteiger partial charge is 0.253 e. The molecule has 7 nitrogen and oxygen atoms in total. The maximum absolute atomic E-state index is 14.1. The third-order valence-electron chi connectivity index (χ3n) is 7.04. The zero-order chi connectivity index (χ0) is 26.9. The number of aliphatic imine (C=N–C) groups is 1. The minimum Gasteiger partial charge on any atom is -0.336 e. The van der Waals surface area contributed by atoms with Crippen LogP contribution in [0.2, 0.25) is 0 Å². The van der Waals surface area contributed by atoms with E-state index in [2.05, 4.69) is 50.9 Å². The molecule has 3 aromatic carbocycles. The zero-order valence-corrected chi connectivity index (χ0v) is 23.5. The first-order valence-electron chi connectivity index (χ1n) is 12.8. The molecule has 0 bridgehead atoms. The third kappa shape index (κ3) is 5.41. The van der Waals surface area contributed by atoms with Gasteiger partial charge in [-0.05, 0) is 78.2 Å². The molecule has 9 heteroatoms. The Morgan fingerprint density at radius 1 is 0.974 bits per heavy atom. The number of piperazine rings is 1. The Morgan fingerprint density at radius 2 is 1.77 bits per heavy atom. The van der Waals surface area contributed by atoms with Crippen molar-refractivity contribution in [3.8, 4) is 11.3 Å². The van der Waals surface area contributed by atoms with Crippen LogP contribution < -0.4 is 5.32 Å². The summed E-state index contributed by atoms with van der Waals surface area (Å²) in [6, 6.07) is 20.1. The number of likely N-dealkylation sites (N-methyl/N-ethyl adjacent to an activating group) is 1. The van der Waals surface area contributed by atoms with Gasteiger partial charge in [-0.2, -0.15) is 0 Å². The summed E-state index contributed by atoms with van der Waals surface area (Å²) in [6.45, 7) is 3.64. The van der Waals surface area contributed by atoms with Gasteiger partial charge in [-0.3, -0.25) is 9.79 Å². The Morgan fingerprint density at radius 3 is 2.54 bits per heavy atom. The van der Waals surface area contributed by atoms with Crippen molar-refractivity contribution in [1.29, 1.82) is 0 Å². The molecule has 0 aliphatic carbocycles. The van der Waals surface area contributed by atoms with Crippen LogP contribution in [0.25, 0.3) is 11.3 Å². The third-order valence-corrected chi connectivity index (χ3v) is 7.71. The molecule has 3 heterocycles. The van der Waals surface area contributed by atoms with Gasteiger partial charge in [0.1, 0.15) is 5.82 Å². The lowest BCUT2D eigenvalue weighted by Crippen LogP contribution is -2.47. The van der Waals surface area contributed by atoms with Gasteiger partial charge in [0.15, 0.2) is 0 Å². The number of hydrogen-bond acceptors (Lipinski definition) is 6. The number of nitrogens with one attached hydrogen (secondary N) is 1. The van der Waals surface area contributed by atoms with E-state index in [-0.39, 0.29) is 11.7 Å². The molecule has 0 saturated carbocycles. The average molecular weight is 632 g/mol. The van der Waals surface area contributed by atoms with Crippen LogP contribution in [0.4, 0.5) is 16.0 Å². The molecule has 0 radical (unpaired) electrons. The number of rotatable bonds is 4. The molecule has 0 spiro atoms. The van der Waals surface area contributed by atoms with Gasteiger partial charge >= 0.3 is 0 Å². The topological polar surface area (TPSA) is 73.7 Å². The highest BCUT2D eigenvalue weighted by Crippen LogP contribution is 2.33. The van der Waals surface area contributed by atoms with Gasteiger partial charge in [0, 0.05) is 69.5 Å². The van der Waals surface area contributed by atoms with Gasteiger partial charge in [0.05, 0.1) is 18.0 Å². The molecule has 0 unspecified atom stereocenters. The van der Waals surface area contributed by atoms with Crippen molar-refractivity contribution in [3.05, 3.63) is 105 Å². The summed E-state index contributed by atoms with van der Waals surface area (Å²) < 4.78 is 15.1. The number of carbonyl (C=O) groups is 1. The van der Waals surface area contributed by atoms with Crippen molar-refractivity contribution in [1.82, 2.24) is 19.8 Å². The van der Waals surface area contributed by atoms with Crippen LogP contribution in [-0.4, -0.2) is 64.6 Å². The van der Waals surface area contributed by atoms with Crippen LogP contribution in [0, 0.1) is 9.39 Å². The van der Waals surface area contributed by atoms with Crippen LogP contribution >= 0.6 is 22.6 Å². The van der Waals surface area contributed by atoms with E-state index in [0.717, 1.165) is 69.1 Å². The summed E-state index contributed by atoms with van der Waals surface area (Å²) in [7, 11) is 2.07. The number of hydrogen-bond donors (Lipinski definition) is 1. The Kier molecular flexibility index (Phi) is 7.09. The summed E-state index contributed by atoms with van der Waals surface area (Å²) >= 11 is 2.27. The molecule has 1 aromatic heterocycles. The molecule has 196 valence electrons. The number of benzene rings is 3. The number of aromatic nitrogens is 2. The number of halogens is 2. The number of carbonyl (C=O) groups excluding carboxylic acids is 1. The van der Waals surface area contributed by atoms with E-state index in [4.69, 9.17) is 9.98 Å². The van der Waals surface area contributed by atoms with Gasteiger partial charge in [-0.1, -0.05) is 18.2 Å². The largest absolute Gasteiger partial charge is 0.336 e. The highest BCUT2D eigenvalue weighted by atomic mass is 127. The van der Waals surface area contributed by atoms with E-state index in [0.29, 0.717) is 18.1 Å². The molecule has 1 fully saturated rings. The average Bonchev–Trinajstić information content (AvgIpc) is 3.10. The standard InChI is InChI=1S/C30H26FIN6O/c1-37-11-13-38(14-12-37)29(39)19-5-8-24(9-6-19)35-30-34-18-21-17-33-27(20-3-2-4-22(31)15-20)26-16-23(32)7-10-25(26)28(21)36-30/h2-10,15-16,18H,11-14,17H2,1H3,(H,34,35,36). The van der Waals surface area contributed by atoms with Crippen molar-refractivity contribution in [2.24, 2.45) is 4.99 Å². The molecular weight excluding hydrogens is 606 g/mol. The van der Waals surface area contributed by atoms with Crippen LogP contribution in [-0.2, 0) is 6.54 Å². The van der Waals surface area contributed by atoms with Gasteiger partial charge in [-0.25, -0.2) is 14.4 Å². The fourth-order valence-corrected chi connectivity index (χ4v) is 5.38. The number of fused-ring (bicyclic) bond motifs is 3. The minimum absolute atomic E-state index is 0.0521. The van der Waals surface area contributed by atoms with Gasteiger partial charge < -0.3 is 15.1 Å². The van der Waals surface area contributed by atoms with Crippen molar-refractivity contribution < 1.29 is 9.18 Å². The molecule has 6 rings (SSSR count). The maximum atomic E-state index is 14.1. The summed E-state index contributed by atoms with van der Waals surface area (Å²) in [4.78, 5) is 31.3. The second-order valence-electron chi connectivity index (χ2n) is 9.73. The van der Waals surface area contributed by atoms with Crippen molar-refractivity contribution in [2.45, 2.75) is 6.54 Å². The van der Waals surface area contributed by atoms with Crippen LogP contribution in [0.3, 0.4) is 0 Å². The zero-order valence-electron chi connectivity index (χ0n) is 21.4. The number of nitrogens with zero attached hydrogens (tertiary/aromatic N) is 5. The number of amides is 1. The first kappa shape index (κ1) is 25.6. The van der Waals surface area contributed by atoms with E-state index >= 15 is 0 Å². The molecule has 1 saturated heterocycles. The SMILES string of the molecule is CN1CCN(C(=O)c2ccc(Nc3ncc4c(n3)-c3ccc(I)cc3C(c3cccc(F)c3)=NC4)cc2)CC1. The molecule has 1 amide bonds. The molecule has 4 aromatic rings. The molecule has 2 aliphatic rings. The van der Waals surface area contributed by atoms with Gasteiger partial charge in [0.2, 0.25) is 5.95 Å². The predicted molar refractivity (Wildman–Crippen MR) is 159 cm³/mol. The predicted octanol–water partition coefficient (Wildman–Crippen LogP) is 5.37. The minimum atomic E-state index is -0.299. The normalized spacial score (nSPS) is 15.2. The molecule has 39 heavy (non-hydrogen) atoms. The first-order valence-corrected chi connectivity index (χ1v) is 13.8. The Balaban J connectivity index is 1.27. The summed E-state index contributed by atoms with van der Waals surface area (Å²) in [5.41, 5.74) is 6.42. The van der Waals surface area contributed by atoms with E-state index in [1.165, 1.54) is 12.1 Å². The lowest BCUT2D eigenvalue weighted by Gasteiger charge is -2.32. The fourth-order valence-electron chi connectivity index (χ4n) is 4.88. The monoisotopic (exact) mass is 632 g/mol. The van der Waals surface area contributed by atoms with Crippen molar-refractivity contribution >= 4 is 45.8 Å². The summed E-state index contributed by atoms with van der Waals surface area (Å²) in [5, 5.41) is 3.28. The second kappa shape index (κ2) is 10.8. The van der Waals surface area contributed by atoms with Crippen LogP contribution in [0.5, 0.6) is 0 Å². The Labute approximate surface area is 240 Å². The van der Waals surface area contributed by atoms with Gasteiger partial charge in [-0.15, -0.1) is 0 Å². The first-order chi connectivity index (χ1) is 18.9. The van der Waals surface area contributed by atoms with Crippen molar-refractivity contribution in [3.63, 3.8) is 0 Å². The molecule has 2 aliphatic heterocycles. The fraction of sp³-hybridized carbons (Fsp3) is 0.200. The summed E-state index contributed by atoms with van der Waals surface area (Å²) in [6.07, 6.45) is 1.79. The van der Waals surface area contributed by atoms with Crippen molar-refractivity contribution in [2.75, 3.05) is 38.5 Å². The van der Waals surface area contributed by atoms with Crippen LogP contribution in [0.1, 0.15) is 27.0 Å². The number of anilines is 2. The molecule has 0 atom stereocenters. The molecule has 1 N–H and O–H groups in total. The Hall–Kier alpha value is -3.70. The van der Waals surface area contributed by atoms with E-state index < -0.39 is 0 Å². The lowest BCUT2D eigenvalue weighted by molar-refractivity contribution is 0.0664. The van der Waals surface area contributed by atoms with E-state index in [9.17, 15) is 9.18 Å².